The summed E-state index contributed by atoms with van der Waals surface area (Å²) < 4.78 is 6.38. The fourth-order valence-corrected chi connectivity index (χ4v) is 6.58. The van der Waals surface area contributed by atoms with E-state index in [0.29, 0.717) is 36.6 Å². The Kier molecular flexibility index (Phi) is 8.08. The minimum absolute atomic E-state index is 0.0567. The number of aliphatic imine (C=N–C) groups is 2. The molecule has 0 saturated heterocycles. The second-order valence-electron chi connectivity index (χ2n) is 11.8. The number of rotatable bonds is 7. The SMILES string of the molecule is CC1CCC(Oc2cc(C3(O)CCC3)ccn2)CC(C)C1CC(=O)c1ccccc1C1CN=CC=NC1C. The molecule has 2 saturated carbocycles. The summed E-state index contributed by atoms with van der Waals surface area (Å²) in [5, 5.41) is 10.7. The van der Waals surface area contributed by atoms with Crippen LogP contribution < -0.4 is 4.74 Å². The van der Waals surface area contributed by atoms with Gasteiger partial charge in [-0.05, 0) is 80.4 Å². The number of benzene rings is 1. The first-order valence-corrected chi connectivity index (χ1v) is 14.3. The lowest BCUT2D eigenvalue weighted by Crippen LogP contribution is -2.33. The number of aromatic nitrogens is 1. The molecule has 1 aromatic heterocycles. The van der Waals surface area contributed by atoms with Crippen molar-refractivity contribution in [2.45, 2.75) is 89.4 Å². The van der Waals surface area contributed by atoms with Crippen LogP contribution in [-0.4, -0.2) is 47.0 Å². The van der Waals surface area contributed by atoms with Crippen LogP contribution in [0.3, 0.4) is 0 Å². The second-order valence-corrected chi connectivity index (χ2v) is 11.8. The summed E-state index contributed by atoms with van der Waals surface area (Å²) in [5.74, 6) is 1.99. The zero-order chi connectivity index (χ0) is 26.7. The van der Waals surface area contributed by atoms with Crippen LogP contribution in [-0.2, 0) is 5.60 Å². The van der Waals surface area contributed by atoms with E-state index in [-0.39, 0.29) is 23.8 Å². The molecule has 1 aromatic carbocycles. The molecule has 202 valence electrons. The van der Waals surface area contributed by atoms with Crippen LogP contribution in [0.25, 0.3) is 0 Å². The van der Waals surface area contributed by atoms with E-state index in [1.165, 1.54) is 0 Å². The Morgan fingerprint density at radius 2 is 1.89 bits per heavy atom. The van der Waals surface area contributed by atoms with Crippen molar-refractivity contribution in [1.82, 2.24) is 4.98 Å². The lowest BCUT2D eigenvalue weighted by molar-refractivity contribution is -0.0391. The van der Waals surface area contributed by atoms with Crippen molar-refractivity contribution in [3.8, 4) is 5.88 Å². The minimum atomic E-state index is -0.721. The van der Waals surface area contributed by atoms with E-state index in [1.807, 2.05) is 30.3 Å². The first-order chi connectivity index (χ1) is 18.3. The van der Waals surface area contributed by atoms with Crippen molar-refractivity contribution in [3.63, 3.8) is 0 Å². The van der Waals surface area contributed by atoms with Gasteiger partial charge in [0.15, 0.2) is 5.78 Å². The first kappa shape index (κ1) is 26.7. The fraction of sp³-hybridized carbons (Fsp3) is 0.562. The molecule has 6 nitrogen and oxygen atoms in total. The molecule has 6 unspecified atom stereocenters. The predicted molar refractivity (Wildman–Crippen MR) is 152 cm³/mol. The highest BCUT2D eigenvalue weighted by molar-refractivity contribution is 6.16. The molecule has 2 fully saturated rings. The van der Waals surface area contributed by atoms with Gasteiger partial charge in [0.05, 0.1) is 11.6 Å². The van der Waals surface area contributed by atoms with E-state index in [2.05, 4.69) is 41.8 Å². The van der Waals surface area contributed by atoms with Gasteiger partial charge in [0.1, 0.15) is 6.10 Å². The number of hydrogen-bond acceptors (Lipinski definition) is 6. The Hall–Kier alpha value is -2.86. The molecule has 38 heavy (non-hydrogen) atoms. The number of ketones is 1. The smallest absolute Gasteiger partial charge is 0.213 e. The highest BCUT2D eigenvalue weighted by Crippen LogP contribution is 2.42. The summed E-state index contributed by atoms with van der Waals surface area (Å²) >= 11 is 0. The van der Waals surface area contributed by atoms with Gasteiger partial charge in [0.2, 0.25) is 5.88 Å². The maximum absolute atomic E-state index is 13.8. The Labute approximate surface area is 226 Å². The van der Waals surface area contributed by atoms with Crippen LogP contribution in [0.1, 0.15) is 93.1 Å². The van der Waals surface area contributed by atoms with Crippen molar-refractivity contribution in [1.29, 1.82) is 0 Å². The molecule has 0 amide bonds. The van der Waals surface area contributed by atoms with Crippen LogP contribution >= 0.6 is 0 Å². The van der Waals surface area contributed by atoms with Crippen molar-refractivity contribution >= 4 is 18.2 Å². The summed E-state index contributed by atoms with van der Waals surface area (Å²) in [7, 11) is 0. The van der Waals surface area contributed by atoms with E-state index in [0.717, 1.165) is 55.2 Å². The molecule has 2 heterocycles. The van der Waals surface area contributed by atoms with Crippen molar-refractivity contribution in [2.75, 3.05) is 6.54 Å². The van der Waals surface area contributed by atoms with Crippen LogP contribution in [0.15, 0.2) is 52.6 Å². The molecule has 6 heteroatoms. The fourth-order valence-electron chi connectivity index (χ4n) is 6.58. The molecule has 1 N–H and O–H groups in total. The highest BCUT2D eigenvalue weighted by atomic mass is 16.5. The van der Waals surface area contributed by atoms with Crippen LogP contribution in [0.2, 0.25) is 0 Å². The second kappa shape index (κ2) is 11.5. The third-order valence-corrected chi connectivity index (χ3v) is 9.24. The maximum atomic E-state index is 13.8. The van der Waals surface area contributed by atoms with E-state index < -0.39 is 5.60 Å². The third-order valence-electron chi connectivity index (χ3n) is 9.24. The predicted octanol–water partition coefficient (Wildman–Crippen LogP) is 6.17. The molecule has 0 bridgehead atoms. The topological polar surface area (TPSA) is 84.1 Å². The zero-order valence-electron chi connectivity index (χ0n) is 22.9. The van der Waals surface area contributed by atoms with Gasteiger partial charge in [-0.2, -0.15) is 0 Å². The molecular weight excluding hydrogens is 474 g/mol. The zero-order valence-corrected chi connectivity index (χ0v) is 22.9. The lowest BCUT2D eigenvalue weighted by Gasteiger charge is -2.37. The van der Waals surface area contributed by atoms with Crippen molar-refractivity contribution in [3.05, 3.63) is 59.3 Å². The normalized spacial score (nSPS) is 30.6. The molecule has 0 radical (unpaired) electrons. The van der Waals surface area contributed by atoms with Gasteiger partial charge >= 0.3 is 0 Å². The summed E-state index contributed by atoms with van der Waals surface area (Å²) in [6, 6.07) is 11.9. The van der Waals surface area contributed by atoms with Crippen LogP contribution in [0.5, 0.6) is 5.88 Å². The van der Waals surface area contributed by atoms with E-state index in [9.17, 15) is 9.90 Å². The number of hydrogen-bond donors (Lipinski definition) is 1. The minimum Gasteiger partial charge on any atom is -0.474 e. The van der Waals surface area contributed by atoms with E-state index >= 15 is 0 Å². The van der Waals surface area contributed by atoms with E-state index in [4.69, 9.17) is 4.74 Å². The maximum Gasteiger partial charge on any atom is 0.213 e. The van der Waals surface area contributed by atoms with Crippen LogP contribution in [0.4, 0.5) is 0 Å². The van der Waals surface area contributed by atoms with Gasteiger partial charge in [-0.15, -0.1) is 0 Å². The lowest BCUT2D eigenvalue weighted by atomic mass is 9.75. The molecule has 6 atom stereocenters. The average molecular weight is 516 g/mol. The van der Waals surface area contributed by atoms with Gasteiger partial charge in [-0.3, -0.25) is 14.8 Å². The Bertz CT molecular complexity index is 1190. The summed E-state index contributed by atoms with van der Waals surface area (Å²) in [5.41, 5.74) is 2.07. The molecular formula is C32H41N3O3. The van der Waals surface area contributed by atoms with E-state index in [1.54, 1.807) is 18.6 Å². The van der Waals surface area contributed by atoms with Gasteiger partial charge in [0, 0.05) is 49.1 Å². The molecule has 2 aliphatic carbocycles. The molecule has 0 spiro atoms. The summed E-state index contributed by atoms with van der Waals surface area (Å²) in [4.78, 5) is 27.3. The molecule has 3 aliphatic rings. The molecule has 1 aliphatic heterocycles. The Morgan fingerprint density at radius 3 is 2.68 bits per heavy atom. The monoisotopic (exact) mass is 515 g/mol. The van der Waals surface area contributed by atoms with Gasteiger partial charge in [0.25, 0.3) is 0 Å². The Morgan fingerprint density at radius 1 is 1.08 bits per heavy atom. The number of ether oxygens (including phenoxy) is 1. The summed E-state index contributed by atoms with van der Waals surface area (Å²) in [6.07, 6.45) is 11.4. The largest absolute Gasteiger partial charge is 0.474 e. The number of carbonyl (C=O) groups excluding carboxylic acids is 1. The number of pyridine rings is 1. The Balaban J connectivity index is 1.27. The number of Topliss-reactive ketones (excluding diaryl/α,β-unsaturated/α-hetero) is 1. The molecule has 5 rings (SSSR count). The third kappa shape index (κ3) is 5.75. The van der Waals surface area contributed by atoms with Gasteiger partial charge < -0.3 is 9.84 Å². The van der Waals surface area contributed by atoms with Crippen molar-refractivity contribution in [2.24, 2.45) is 27.7 Å². The molecule has 2 aromatic rings. The van der Waals surface area contributed by atoms with Gasteiger partial charge in [-0.1, -0.05) is 38.1 Å². The summed E-state index contributed by atoms with van der Waals surface area (Å²) in [6.45, 7) is 7.29. The standard InChI is InChI=1S/C32H41N3O3/c1-21-9-10-25(38-31-18-24(11-14-35-31)32(37)12-6-13-32)17-22(2)28(21)19-30(36)27-8-5-4-7-26(27)29-20-33-15-16-34-23(29)3/h4-5,7-8,11,14-16,18,21-23,25,28-29,37H,6,9-10,12-13,17,19-20H2,1-3H3. The van der Waals surface area contributed by atoms with Gasteiger partial charge in [-0.25, -0.2) is 4.98 Å². The number of nitrogens with zero attached hydrogens (tertiary/aromatic N) is 3. The first-order valence-electron chi connectivity index (χ1n) is 14.3. The number of aliphatic hydroxyl groups is 1. The average Bonchev–Trinajstić information content (AvgIpc) is 3.19. The van der Waals surface area contributed by atoms with Crippen LogP contribution in [0, 0.1) is 17.8 Å². The number of carbonyl (C=O) groups is 1. The highest BCUT2D eigenvalue weighted by Gasteiger charge is 2.37. The quantitative estimate of drug-likeness (QED) is 0.353. The van der Waals surface area contributed by atoms with Crippen molar-refractivity contribution < 1.29 is 14.6 Å².